The second-order valence-corrected chi connectivity index (χ2v) is 13.0. The number of aliphatic imine (C=N–C) groups is 1. The van der Waals surface area contributed by atoms with Crippen LogP contribution in [0.15, 0.2) is 17.1 Å². The van der Waals surface area contributed by atoms with Crippen molar-refractivity contribution in [3.8, 4) is 0 Å². The molecular weight excluding hydrogens is 306 g/mol. The van der Waals surface area contributed by atoms with E-state index < -0.39 is 8.07 Å². The van der Waals surface area contributed by atoms with Gasteiger partial charge in [0.05, 0.1) is 8.07 Å². The van der Waals surface area contributed by atoms with Crippen LogP contribution in [0.1, 0.15) is 91.4 Å². The van der Waals surface area contributed by atoms with Gasteiger partial charge < -0.3 is 0 Å². The van der Waals surface area contributed by atoms with Crippen LogP contribution in [0.4, 0.5) is 0 Å². The zero-order valence-corrected chi connectivity index (χ0v) is 18.1. The summed E-state index contributed by atoms with van der Waals surface area (Å²) in [5.74, 6) is 0. The highest BCUT2D eigenvalue weighted by Crippen LogP contribution is 2.36. The molecule has 0 bridgehead atoms. The monoisotopic (exact) mass is 349 g/mol. The number of hydrogen-bond donors (Lipinski definition) is 0. The molecule has 0 aromatic carbocycles. The van der Waals surface area contributed by atoms with Crippen molar-refractivity contribution in [3.05, 3.63) is 12.2 Å². The highest BCUT2D eigenvalue weighted by molar-refractivity contribution is 6.83. The molecule has 1 unspecified atom stereocenters. The Hall–Kier alpha value is -0.373. The summed E-state index contributed by atoms with van der Waals surface area (Å²) in [6, 6.07) is 2.91. The van der Waals surface area contributed by atoms with E-state index in [4.69, 9.17) is 4.99 Å². The Kier molecular flexibility index (Phi) is 11.7. The van der Waals surface area contributed by atoms with E-state index in [9.17, 15) is 0 Å². The van der Waals surface area contributed by atoms with Gasteiger partial charge >= 0.3 is 0 Å². The van der Waals surface area contributed by atoms with Gasteiger partial charge in [-0.2, -0.15) is 0 Å². The Labute approximate surface area is 153 Å². The van der Waals surface area contributed by atoms with Crippen molar-refractivity contribution in [2.24, 2.45) is 4.99 Å². The predicted molar refractivity (Wildman–Crippen MR) is 114 cm³/mol. The van der Waals surface area contributed by atoms with E-state index in [1.165, 1.54) is 82.7 Å². The van der Waals surface area contributed by atoms with Crippen LogP contribution in [0.3, 0.4) is 0 Å². The standard InChI is InChI=1S/C22H43NSi/c1-5-16-22(24(4,19-6-2)20-7-3)21-17-14-12-10-8-9-11-13-15-18-23-21/h5,16,22H,6-15,17-20H2,1-4H3/b16-5+,23-21?. The lowest BCUT2D eigenvalue weighted by Crippen LogP contribution is -2.39. The normalized spacial score (nSPS) is 20.2. The molecule has 0 aliphatic carbocycles. The molecule has 1 heterocycles. The third-order valence-electron chi connectivity index (χ3n) is 5.79. The molecule has 1 aliphatic heterocycles. The summed E-state index contributed by atoms with van der Waals surface area (Å²) in [5.41, 5.74) is 2.26. The number of hydrogen-bond acceptors (Lipinski definition) is 1. The summed E-state index contributed by atoms with van der Waals surface area (Å²) < 4.78 is 0. The zero-order valence-electron chi connectivity index (χ0n) is 17.1. The smallest absolute Gasteiger partial charge is 0.0642 e. The molecule has 0 radical (unpaired) electrons. The third kappa shape index (κ3) is 7.67. The molecule has 0 fully saturated rings. The fourth-order valence-corrected chi connectivity index (χ4v) is 9.40. The SMILES string of the molecule is C/C=C/C(C1=NCCCCCCCCCC1)[Si](C)(CCC)CCC. The first-order chi connectivity index (χ1) is 11.7. The van der Waals surface area contributed by atoms with Crippen molar-refractivity contribution >= 4 is 13.8 Å². The molecule has 0 aromatic heterocycles. The van der Waals surface area contributed by atoms with Crippen LogP contribution in [-0.4, -0.2) is 20.3 Å². The molecule has 0 N–H and O–H groups in total. The third-order valence-corrected chi connectivity index (χ3v) is 11.1. The van der Waals surface area contributed by atoms with Crippen LogP contribution in [-0.2, 0) is 0 Å². The Morgan fingerprint density at radius 1 is 0.917 bits per heavy atom. The van der Waals surface area contributed by atoms with Gasteiger partial charge in [-0.05, 0) is 26.2 Å². The molecule has 1 rings (SSSR count). The molecule has 140 valence electrons. The summed E-state index contributed by atoms with van der Waals surface area (Å²) in [7, 11) is -1.30. The second-order valence-electron chi connectivity index (χ2n) is 8.11. The van der Waals surface area contributed by atoms with E-state index in [1.807, 2.05) is 0 Å². The zero-order chi connectivity index (χ0) is 17.7. The van der Waals surface area contributed by atoms with Gasteiger partial charge in [0, 0.05) is 17.8 Å². The average molecular weight is 350 g/mol. The Balaban J connectivity index is 2.97. The molecular formula is C22H43NSi. The first-order valence-corrected chi connectivity index (χ1v) is 13.8. The van der Waals surface area contributed by atoms with E-state index in [0.29, 0.717) is 5.54 Å². The highest BCUT2D eigenvalue weighted by Gasteiger charge is 2.35. The summed E-state index contributed by atoms with van der Waals surface area (Å²) in [4.78, 5) is 5.21. The number of allylic oxidation sites excluding steroid dienone is 2. The summed E-state index contributed by atoms with van der Waals surface area (Å²) in [5, 5.41) is 0. The van der Waals surface area contributed by atoms with Crippen molar-refractivity contribution in [2.75, 3.05) is 6.54 Å². The molecule has 1 nitrogen and oxygen atoms in total. The number of rotatable bonds is 7. The largest absolute Gasteiger partial charge is 0.294 e. The predicted octanol–water partition coefficient (Wildman–Crippen LogP) is 7.80. The van der Waals surface area contributed by atoms with Gasteiger partial charge in [-0.1, -0.05) is 96.0 Å². The van der Waals surface area contributed by atoms with Gasteiger partial charge in [-0.15, -0.1) is 0 Å². The molecule has 0 saturated carbocycles. The van der Waals surface area contributed by atoms with Crippen molar-refractivity contribution in [3.63, 3.8) is 0 Å². The van der Waals surface area contributed by atoms with Crippen molar-refractivity contribution < 1.29 is 0 Å². The van der Waals surface area contributed by atoms with Crippen molar-refractivity contribution in [2.45, 2.75) is 116 Å². The van der Waals surface area contributed by atoms with E-state index in [-0.39, 0.29) is 0 Å². The molecule has 24 heavy (non-hydrogen) atoms. The van der Waals surface area contributed by atoms with Gasteiger partial charge in [0.25, 0.3) is 0 Å². The average Bonchev–Trinajstić information content (AvgIpc) is 2.54. The maximum Gasteiger partial charge on any atom is 0.0642 e. The molecule has 2 heteroatoms. The molecule has 1 atom stereocenters. The van der Waals surface area contributed by atoms with Crippen molar-refractivity contribution in [1.82, 2.24) is 0 Å². The van der Waals surface area contributed by atoms with Crippen molar-refractivity contribution in [1.29, 1.82) is 0 Å². The fourth-order valence-electron chi connectivity index (χ4n) is 4.55. The number of nitrogens with zero attached hydrogens (tertiary/aromatic N) is 1. The molecule has 1 aliphatic rings. The van der Waals surface area contributed by atoms with E-state index in [1.54, 1.807) is 5.71 Å². The van der Waals surface area contributed by atoms with Crippen LogP contribution in [0.5, 0.6) is 0 Å². The first kappa shape index (κ1) is 21.7. The Bertz CT molecular complexity index is 366. The summed E-state index contributed by atoms with van der Waals surface area (Å²) in [6.45, 7) is 10.7. The van der Waals surface area contributed by atoms with Gasteiger partial charge in [0.15, 0.2) is 0 Å². The molecule has 0 amide bonds. The summed E-state index contributed by atoms with van der Waals surface area (Å²) >= 11 is 0. The quantitative estimate of drug-likeness (QED) is 0.328. The van der Waals surface area contributed by atoms with Crippen LogP contribution >= 0.6 is 0 Å². The van der Waals surface area contributed by atoms with Crippen LogP contribution < -0.4 is 0 Å². The second kappa shape index (κ2) is 12.9. The minimum absolute atomic E-state index is 0.686. The van der Waals surface area contributed by atoms with Gasteiger partial charge in [-0.3, -0.25) is 4.99 Å². The maximum atomic E-state index is 5.21. The minimum atomic E-state index is -1.30. The highest BCUT2D eigenvalue weighted by atomic mass is 28.3. The van der Waals surface area contributed by atoms with Gasteiger partial charge in [0.1, 0.15) is 0 Å². The molecule has 0 spiro atoms. The first-order valence-electron chi connectivity index (χ1n) is 10.8. The lowest BCUT2D eigenvalue weighted by molar-refractivity contribution is 0.568. The lowest BCUT2D eigenvalue weighted by atomic mass is 10.0. The fraction of sp³-hybridized carbons (Fsp3) is 0.864. The van der Waals surface area contributed by atoms with E-state index in [2.05, 4.69) is 39.5 Å². The summed E-state index contributed by atoms with van der Waals surface area (Å²) in [6.07, 6.45) is 19.9. The van der Waals surface area contributed by atoms with E-state index >= 15 is 0 Å². The topological polar surface area (TPSA) is 12.4 Å². The van der Waals surface area contributed by atoms with Crippen LogP contribution in [0, 0.1) is 0 Å². The van der Waals surface area contributed by atoms with E-state index in [0.717, 1.165) is 6.54 Å². The van der Waals surface area contributed by atoms with Crippen LogP contribution in [0.25, 0.3) is 0 Å². The molecule has 0 aromatic rings. The minimum Gasteiger partial charge on any atom is -0.294 e. The maximum absolute atomic E-state index is 5.21. The Morgan fingerprint density at radius 2 is 1.46 bits per heavy atom. The van der Waals surface area contributed by atoms with Crippen LogP contribution in [0.2, 0.25) is 24.2 Å². The lowest BCUT2D eigenvalue weighted by Gasteiger charge is -2.35. The van der Waals surface area contributed by atoms with Gasteiger partial charge in [0.2, 0.25) is 0 Å². The molecule has 0 saturated heterocycles. The van der Waals surface area contributed by atoms with Gasteiger partial charge in [-0.25, -0.2) is 0 Å². The Morgan fingerprint density at radius 3 is 2.00 bits per heavy atom.